The lowest BCUT2D eigenvalue weighted by Crippen LogP contribution is -2.37. The summed E-state index contributed by atoms with van der Waals surface area (Å²) in [6.45, 7) is 3.91. The minimum atomic E-state index is -0.944. The van der Waals surface area contributed by atoms with Crippen molar-refractivity contribution >= 4 is 34.4 Å². The van der Waals surface area contributed by atoms with Gasteiger partial charge in [0.25, 0.3) is 0 Å². The zero-order chi connectivity index (χ0) is 18.8. The van der Waals surface area contributed by atoms with E-state index in [0.29, 0.717) is 16.2 Å². The standard InChI is InChI=1S/C19H19F2N3OS/c1-11(2)17(18(25)24(3)12-7-5-4-6-8-12)26-19-22-15-9-13(20)14(21)10-16(15)23-19/h4-11,17H,1-3H3,(H,22,23)/t17-/m1/s1. The Morgan fingerprint density at radius 1 is 1.15 bits per heavy atom. The monoisotopic (exact) mass is 375 g/mol. The van der Waals surface area contributed by atoms with E-state index in [1.54, 1.807) is 11.9 Å². The number of hydrogen-bond acceptors (Lipinski definition) is 3. The Hall–Kier alpha value is -2.41. The first-order valence-electron chi connectivity index (χ1n) is 8.21. The fourth-order valence-electron chi connectivity index (χ4n) is 2.60. The van der Waals surface area contributed by atoms with Gasteiger partial charge in [-0.2, -0.15) is 0 Å². The number of benzene rings is 2. The van der Waals surface area contributed by atoms with Crippen molar-refractivity contribution < 1.29 is 13.6 Å². The molecule has 4 nitrogen and oxygen atoms in total. The smallest absolute Gasteiger partial charge is 0.240 e. The molecule has 2 aromatic carbocycles. The van der Waals surface area contributed by atoms with E-state index in [1.165, 1.54) is 11.8 Å². The van der Waals surface area contributed by atoms with E-state index in [4.69, 9.17) is 0 Å². The van der Waals surface area contributed by atoms with E-state index in [-0.39, 0.29) is 11.8 Å². The maximum atomic E-state index is 13.4. The quantitative estimate of drug-likeness (QED) is 0.662. The summed E-state index contributed by atoms with van der Waals surface area (Å²) < 4.78 is 26.8. The molecule has 1 atom stereocenters. The predicted molar refractivity (Wildman–Crippen MR) is 100 cm³/mol. The molecule has 136 valence electrons. The van der Waals surface area contributed by atoms with Crippen molar-refractivity contribution in [2.75, 3.05) is 11.9 Å². The summed E-state index contributed by atoms with van der Waals surface area (Å²) in [5.74, 6) is -1.90. The molecule has 1 aromatic heterocycles. The molecule has 0 saturated carbocycles. The number of carbonyl (C=O) groups excluding carboxylic acids is 1. The first-order chi connectivity index (χ1) is 12.4. The van der Waals surface area contributed by atoms with Gasteiger partial charge in [-0.15, -0.1) is 0 Å². The van der Waals surface area contributed by atoms with Gasteiger partial charge in [-0.3, -0.25) is 4.79 Å². The topological polar surface area (TPSA) is 49.0 Å². The first-order valence-corrected chi connectivity index (χ1v) is 9.09. The van der Waals surface area contributed by atoms with Crippen LogP contribution in [-0.4, -0.2) is 28.2 Å². The third-order valence-electron chi connectivity index (χ3n) is 4.06. The predicted octanol–water partition coefficient (Wildman–Crippen LogP) is 4.62. The summed E-state index contributed by atoms with van der Waals surface area (Å²) in [5, 5.41) is 0.0639. The minimum absolute atomic E-state index is 0.0420. The average Bonchev–Trinajstić information content (AvgIpc) is 3.00. The highest BCUT2D eigenvalue weighted by Gasteiger charge is 2.28. The average molecular weight is 375 g/mol. The third kappa shape index (κ3) is 3.72. The Bertz CT molecular complexity index is 888. The van der Waals surface area contributed by atoms with E-state index >= 15 is 0 Å². The van der Waals surface area contributed by atoms with Crippen molar-refractivity contribution in [1.29, 1.82) is 0 Å². The first kappa shape index (κ1) is 18.4. The number of para-hydroxylation sites is 1. The van der Waals surface area contributed by atoms with Gasteiger partial charge in [0.15, 0.2) is 16.8 Å². The van der Waals surface area contributed by atoms with Crippen LogP contribution in [0.15, 0.2) is 47.6 Å². The number of amides is 1. The van der Waals surface area contributed by atoms with Crippen LogP contribution in [0.1, 0.15) is 13.8 Å². The second-order valence-corrected chi connectivity index (χ2v) is 7.47. The number of nitrogens with one attached hydrogen (secondary N) is 1. The van der Waals surface area contributed by atoms with Crippen molar-refractivity contribution in [1.82, 2.24) is 9.97 Å². The number of aromatic nitrogens is 2. The second-order valence-electron chi connectivity index (χ2n) is 6.34. The normalized spacial score (nSPS) is 12.5. The fraction of sp³-hybridized carbons (Fsp3) is 0.263. The third-order valence-corrected chi connectivity index (χ3v) is 5.48. The Morgan fingerprint density at radius 2 is 1.81 bits per heavy atom. The molecule has 26 heavy (non-hydrogen) atoms. The van der Waals surface area contributed by atoms with E-state index in [0.717, 1.165) is 17.8 Å². The van der Waals surface area contributed by atoms with Crippen LogP contribution < -0.4 is 4.90 Å². The largest absolute Gasteiger partial charge is 0.333 e. The van der Waals surface area contributed by atoms with E-state index < -0.39 is 16.9 Å². The Morgan fingerprint density at radius 3 is 2.46 bits per heavy atom. The number of anilines is 1. The number of rotatable bonds is 5. The molecular weight excluding hydrogens is 356 g/mol. The van der Waals surface area contributed by atoms with Gasteiger partial charge >= 0.3 is 0 Å². The molecule has 0 radical (unpaired) electrons. The minimum Gasteiger partial charge on any atom is -0.333 e. The molecule has 1 amide bonds. The summed E-state index contributed by atoms with van der Waals surface area (Å²) in [6, 6.07) is 11.5. The van der Waals surface area contributed by atoms with Gasteiger partial charge in [0.1, 0.15) is 0 Å². The molecular formula is C19H19F2N3OS. The fourth-order valence-corrected chi connectivity index (χ4v) is 3.69. The molecule has 0 aliphatic carbocycles. The molecule has 0 unspecified atom stereocenters. The van der Waals surface area contributed by atoms with Gasteiger partial charge in [-0.05, 0) is 18.1 Å². The summed E-state index contributed by atoms with van der Waals surface area (Å²) in [6.07, 6.45) is 0. The SMILES string of the molecule is CC(C)[C@@H](Sc1nc2cc(F)c(F)cc2[nH]1)C(=O)N(C)c1ccccc1. The van der Waals surface area contributed by atoms with Crippen LogP contribution in [0.25, 0.3) is 11.0 Å². The van der Waals surface area contributed by atoms with Crippen LogP contribution in [0.4, 0.5) is 14.5 Å². The molecule has 3 rings (SSSR count). The maximum absolute atomic E-state index is 13.4. The number of imidazole rings is 1. The van der Waals surface area contributed by atoms with E-state index in [9.17, 15) is 13.6 Å². The van der Waals surface area contributed by atoms with Crippen LogP contribution >= 0.6 is 11.8 Å². The number of carbonyl (C=O) groups is 1. The number of H-pyrrole nitrogens is 1. The zero-order valence-corrected chi connectivity index (χ0v) is 15.5. The summed E-state index contributed by atoms with van der Waals surface area (Å²) in [7, 11) is 1.73. The van der Waals surface area contributed by atoms with Gasteiger partial charge in [-0.1, -0.05) is 43.8 Å². The van der Waals surface area contributed by atoms with Crippen molar-refractivity contribution in [2.24, 2.45) is 5.92 Å². The van der Waals surface area contributed by atoms with Crippen molar-refractivity contribution in [3.8, 4) is 0 Å². The zero-order valence-electron chi connectivity index (χ0n) is 14.7. The molecule has 7 heteroatoms. The highest BCUT2D eigenvalue weighted by atomic mass is 32.2. The number of fused-ring (bicyclic) bond motifs is 1. The highest BCUT2D eigenvalue weighted by molar-refractivity contribution is 8.00. The summed E-state index contributed by atoms with van der Waals surface area (Å²) in [4.78, 5) is 21.8. The number of hydrogen-bond donors (Lipinski definition) is 1. The number of aromatic amines is 1. The highest BCUT2D eigenvalue weighted by Crippen LogP contribution is 2.30. The van der Waals surface area contributed by atoms with E-state index in [2.05, 4.69) is 9.97 Å². The molecule has 0 aliphatic rings. The molecule has 3 aromatic rings. The van der Waals surface area contributed by atoms with Crippen molar-refractivity contribution in [3.63, 3.8) is 0 Å². The lowest BCUT2D eigenvalue weighted by Gasteiger charge is -2.25. The van der Waals surface area contributed by atoms with Crippen molar-refractivity contribution in [2.45, 2.75) is 24.3 Å². The molecule has 1 heterocycles. The lowest BCUT2D eigenvalue weighted by atomic mass is 10.1. The van der Waals surface area contributed by atoms with Crippen molar-refractivity contribution in [3.05, 3.63) is 54.1 Å². The van der Waals surface area contributed by atoms with Gasteiger partial charge in [-0.25, -0.2) is 13.8 Å². The van der Waals surface area contributed by atoms with Gasteiger partial charge < -0.3 is 9.88 Å². The molecule has 0 bridgehead atoms. The molecule has 0 fully saturated rings. The number of halogens is 2. The lowest BCUT2D eigenvalue weighted by molar-refractivity contribution is -0.118. The van der Waals surface area contributed by atoms with Gasteiger partial charge in [0.2, 0.25) is 5.91 Å². The number of thioether (sulfide) groups is 1. The molecule has 1 N–H and O–H groups in total. The van der Waals surface area contributed by atoms with Crippen LogP contribution in [0.3, 0.4) is 0 Å². The number of nitrogens with zero attached hydrogens (tertiary/aromatic N) is 2. The van der Waals surface area contributed by atoms with Gasteiger partial charge in [0, 0.05) is 24.9 Å². The Balaban J connectivity index is 1.85. The van der Waals surface area contributed by atoms with Crippen LogP contribution in [0.2, 0.25) is 0 Å². The van der Waals surface area contributed by atoms with E-state index in [1.807, 2.05) is 44.2 Å². The molecule has 0 saturated heterocycles. The second kappa shape index (κ2) is 7.45. The maximum Gasteiger partial charge on any atom is 0.240 e. The van der Waals surface area contributed by atoms with Crippen LogP contribution in [0, 0.1) is 17.6 Å². The van der Waals surface area contributed by atoms with Crippen LogP contribution in [0.5, 0.6) is 0 Å². The summed E-state index contributed by atoms with van der Waals surface area (Å²) in [5.41, 5.74) is 1.54. The Labute approximate surface area is 154 Å². The van der Waals surface area contributed by atoms with Gasteiger partial charge in [0.05, 0.1) is 16.3 Å². The van der Waals surface area contributed by atoms with Crippen LogP contribution in [-0.2, 0) is 4.79 Å². The summed E-state index contributed by atoms with van der Waals surface area (Å²) >= 11 is 1.26. The Kier molecular flexibility index (Phi) is 5.27. The molecule has 0 aliphatic heterocycles. The molecule has 0 spiro atoms.